The molecular formula is C24H30FN5O2. The van der Waals surface area contributed by atoms with Crippen LogP contribution in [0.4, 0.5) is 10.1 Å². The third-order valence-electron chi connectivity index (χ3n) is 6.45. The molecule has 8 heteroatoms. The van der Waals surface area contributed by atoms with E-state index in [-0.39, 0.29) is 23.7 Å². The van der Waals surface area contributed by atoms with E-state index in [1.165, 1.54) is 30.5 Å². The quantitative estimate of drug-likeness (QED) is 0.771. The number of aryl methyl sites for hydroxylation is 1. The number of hydrogen-bond acceptors (Lipinski definition) is 5. The zero-order chi connectivity index (χ0) is 22.7. The zero-order valence-electron chi connectivity index (χ0n) is 18.7. The Hall–Kier alpha value is -2.87. The SMILES string of the molecule is Cc1nc([C@@H]2CCCN2C(=O)CN2CCC(C)CC2)ncc1C(=O)Nc1ccc(F)cc1. The summed E-state index contributed by atoms with van der Waals surface area (Å²) in [5, 5.41) is 2.74. The molecule has 170 valence electrons. The fourth-order valence-electron chi connectivity index (χ4n) is 4.44. The lowest BCUT2D eigenvalue weighted by Crippen LogP contribution is -2.43. The number of rotatable bonds is 5. The van der Waals surface area contributed by atoms with Crippen molar-refractivity contribution in [2.24, 2.45) is 5.92 Å². The molecule has 1 N–H and O–H groups in total. The minimum absolute atomic E-state index is 0.126. The van der Waals surface area contributed by atoms with Crippen molar-refractivity contribution >= 4 is 17.5 Å². The lowest BCUT2D eigenvalue weighted by atomic mass is 9.99. The van der Waals surface area contributed by atoms with Crippen molar-refractivity contribution in [3.8, 4) is 0 Å². The Bertz CT molecular complexity index is 973. The third-order valence-corrected chi connectivity index (χ3v) is 6.45. The number of piperidine rings is 1. The van der Waals surface area contributed by atoms with E-state index in [1.807, 2.05) is 4.90 Å². The first-order chi connectivity index (χ1) is 15.4. The Kier molecular flexibility index (Phi) is 6.79. The van der Waals surface area contributed by atoms with E-state index in [9.17, 15) is 14.0 Å². The van der Waals surface area contributed by atoms with Crippen molar-refractivity contribution < 1.29 is 14.0 Å². The van der Waals surface area contributed by atoms with Crippen LogP contribution >= 0.6 is 0 Å². The van der Waals surface area contributed by atoms with Gasteiger partial charge in [0.15, 0.2) is 5.82 Å². The zero-order valence-corrected chi connectivity index (χ0v) is 18.7. The first kappa shape index (κ1) is 22.3. The van der Waals surface area contributed by atoms with Crippen LogP contribution in [0, 0.1) is 18.7 Å². The lowest BCUT2D eigenvalue weighted by molar-refractivity contribution is -0.133. The molecule has 2 aliphatic rings. The van der Waals surface area contributed by atoms with Crippen LogP contribution in [0.5, 0.6) is 0 Å². The van der Waals surface area contributed by atoms with Gasteiger partial charge in [-0.15, -0.1) is 0 Å². The summed E-state index contributed by atoms with van der Waals surface area (Å²) in [7, 11) is 0. The Labute approximate surface area is 188 Å². The number of carbonyl (C=O) groups excluding carboxylic acids is 2. The summed E-state index contributed by atoms with van der Waals surface area (Å²) < 4.78 is 13.1. The van der Waals surface area contributed by atoms with Crippen molar-refractivity contribution in [3.05, 3.63) is 53.4 Å². The van der Waals surface area contributed by atoms with Crippen LogP contribution in [-0.4, -0.2) is 57.8 Å². The highest BCUT2D eigenvalue weighted by Gasteiger charge is 2.33. The maximum absolute atomic E-state index is 13.1. The first-order valence-corrected chi connectivity index (χ1v) is 11.3. The number of nitrogens with zero attached hydrogens (tertiary/aromatic N) is 4. The van der Waals surface area contributed by atoms with Gasteiger partial charge in [-0.25, -0.2) is 14.4 Å². The van der Waals surface area contributed by atoms with Crippen LogP contribution in [0.15, 0.2) is 30.5 Å². The number of halogens is 1. The molecule has 1 atom stereocenters. The van der Waals surface area contributed by atoms with Gasteiger partial charge in [-0.05, 0) is 75.9 Å². The average Bonchev–Trinajstić information content (AvgIpc) is 3.27. The molecule has 32 heavy (non-hydrogen) atoms. The maximum atomic E-state index is 13.1. The topological polar surface area (TPSA) is 78.4 Å². The highest BCUT2D eigenvalue weighted by atomic mass is 19.1. The van der Waals surface area contributed by atoms with E-state index in [0.717, 1.165) is 44.7 Å². The fourth-order valence-corrected chi connectivity index (χ4v) is 4.44. The predicted molar refractivity (Wildman–Crippen MR) is 120 cm³/mol. The first-order valence-electron chi connectivity index (χ1n) is 11.3. The number of hydrogen-bond donors (Lipinski definition) is 1. The standard InChI is InChI=1S/C24H30FN5O2/c1-16-9-12-29(13-10-16)15-22(31)30-11-3-4-21(30)23-26-14-20(17(2)27-23)24(32)28-19-7-5-18(25)6-8-19/h5-8,14,16,21H,3-4,9-13,15H2,1-2H3,(H,28,32)/t21-/m0/s1. The van der Waals surface area contributed by atoms with E-state index < -0.39 is 0 Å². The minimum atomic E-state index is -0.364. The predicted octanol–water partition coefficient (Wildman–Crippen LogP) is 3.57. The molecule has 0 unspecified atom stereocenters. The second-order valence-corrected chi connectivity index (χ2v) is 8.89. The molecule has 2 aliphatic heterocycles. The molecule has 0 bridgehead atoms. The van der Waals surface area contributed by atoms with Crippen LogP contribution in [-0.2, 0) is 4.79 Å². The van der Waals surface area contributed by atoms with Crippen LogP contribution in [0.3, 0.4) is 0 Å². The highest BCUT2D eigenvalue weighted by Crippen LogP contribution is 2.30. The van der Waals surface area contributed by atoms with Crippen molar-refractivity contribution in [1.82, 2.24) is 19.8 Å². The van der Waals surface area contributed by atoms with Gasteiger partial charge >= 0.3 is 0 Å². The van der Waals surface area contributed by atoms with Crippen LogP contribution < -0.4 is 5.32 Å². The van der Waals surface area contributed by atoms with Crippen LogP contribution in [0.25, 0.3) is 0 Å². The minimum Gasteiger partial charge on any atom is -0.331 e. The van der Waals surface area contributed by atoms with E-state index in [2.05, 4.69) is 27.1 Å². The van der Waals surface area contributed by atoms with Gasteiger partial charge in [0.2, 0.25) is 5.91 Å². The lowest BCUT2D eigenvalue weighted by Gasteiger charge is -2.32. The van der Waals surface area contributed by atoms with Crippen molar-refractivity contribution in [2.75, 3.05) is 31.5 Å². The summed E-state index contributed by atoms with van der Waals surface area (Å²) in [5.74, 6) is 0.730. The van der Waals surface area contributed by atoms with Gasteiger partial charge in [0.25, 0.3) is 5.91 Å². The molecule has 1 aromatic carbocycles. The molecular weight excluding hydrogens is 409 g/mol. The Balaban J connectivity index is 1.42. The molecule has 0 aliphatic carbocycles. The van der Waals surface area contributed by atoms with Gasteiger partial charge in [0, 0.05) is 18.4 Å². The fraction of sp³-hybridized carbons (Fsp3) is 0.500. The average molecular weight is 440 g/mol. The number of nitrogens with one attached hydrogen (secondary N) is 1. The number of anilines is 1. The Morgan fingerprint density at radius 1 is 1.12 bits per heavy atom. The molecule has 3 heterocycles. The van der Waals surface area contributed by atoms with Gasteiger partial charge in [-0.2, -0.15) is 0 Å². The maximum Gasteiger partial charge on any atom is 0.259 e. The van der Waals surface area contributed by atoms with Gasteiger partial charge < -0.3 is 10.2 Å². The van der Waals surface area contributed by atoms with E-state index in [0.29, 0.717) is 35.9 Å². The van der Waals surface area contributed by atoms with E-state index in [1.54, 1.807) is 6.92 Å². The van der Waals surface area contributed by atoms with Crippen molar-refractivity contribution in [2.45, 2.75) is 45.6 Å². The van der Waals surface area contributed by atoms with Gasteiger partial charge in [-0.3, -0.25) is 14.5 Å². The molecule has 2 aromatic rings. The smallest absolute Gasteiger partial charge is 0.259 e. The van der Waals surface area contributed by atoms with Crippen molar-refractivity contribution in [3.63, 3.8) is 0 Å². The number of benzene rings is 1. The van der Waals surface area contributed by atoms with Gasteiger partial charge in [0.05, 0.1) is 23.8 Å². The molecule has 4 rings (SSSR count). The summed E-state index contributed by atoms with van der Waals surface area (Å²) >= 11 is 0. The van der Waals surface area contributed by atoms with E-state index >= 15 is 0 Å². The summed E-state index contributed by atoms with van der Waals surface area (Å²) in [5.41, 5.74) is 1.41. The number of carbonyl (C=O) groups is 2. The molecule has 0 saturated carbocycles. The molecule has 2 amide bonds. The molecule has 2 saturated heterocycles. The van der Waals surface area contributed by atoms with E-state index in [4.69, 9.17) is 0 Å². The normalized spacial score (nSPS) is 19.8. The summed E-state index contributed by atoms with van der Waals surface area (Å²) in [4.78, 5) is 38.8. The number of amides is 2. The molecule has 1 aromatic heterocycles. The largest absolute Gasteiger partial charge is 0.331 e. The van der Waals surface area contributed by atoms with Crippen LogP contribution in [0.2, 0.25) is 0 Å². The second kappa shape index (κ2) is 9.73. The highest BCUT2D eigenvalue weighted by molar-refractivity contribution is 6.04. The van der Waals surface area contributed by atoms with Crippen molar-refractivity contribution in [1.29, 1.82) is 0 Å². The summed E-state index contributed by atoms with van der Waals surface area (Å²) in [6, 6.07) is 5.43. The molecule has 2 fully saturated rings. The molecule has 7 nitrogen and oxygen atoms in total. The second-order valence-electron chi connectivity index (χ2n) is 8.89. The summed E-state index contributed by atoms with van der Waals surface area (Å²) in [6.45, 7) is 7.13. The molecule has 0 spiro atoms. The summed E-state index contributed by atoms with van der Waals surface area (Å²) in [6.07, 6.45) is 5.54. The monoisotopic (exact) mass is 439 g/mol. The Morgan fingerprint density at radius 2 is 1.84 bits per heavy atom. The van der Waals surface area contributed by atoms with Gasteiger partial charge in [0.1, 0.15) is 5.82 Å². The van der Waals surface area contributed by atoms with Gasteiger partial charge in [-0.1, -0.05) is 6.92 Å². The number of likely N-dealkylation sites (tertiary alicyclic amines) is 2. The van der Waals surface area contributed by atoms with Crippen LogP contribution in [0.1, 0.15) is 60.5 Å². The molecule has 0 radical (unpaired) electrons. The number of aromatic nitrogens is 2. The Morgan fingerprint density at radius 3 is 2.53 bits per heavy atom. The third kappa shape index (κ3) is 5.12.